The highest BCUT2D eigenvalue weighted by Crippen LogP contribution is 2.66. The van der Waals surface area contributed by atoms with Crippen LogP contribution in [-0.4, -0.2) is 43.2 Å². The van der Waals surface area contributed by atoms with Gasteiger partial charge in [-0.25, -0.2) is 4.98 Å². The summed E-state index contributed by atoms with van der Waals surface area (Å²) in [4.78, 5) is 4.36. The Hall–Kier alpha value is -1.69. The minimum Gasteiger partial charge on any atom is -0.396 e. The van der Waals surface area contributed by atoms with Crippen LogP contribution in [0.4, 0.5) is 0 Å². The van der Waals surface area contributed by atoms with Crippen molar-refractivity contribution in [2.45, 2.75) is 62.7 Å². The molecule has 1 aromatic carbocycles. The van der Waals surface area contributed by atoms with Crippen molar-refractivity contribution < 1.29 is 15.3 Å². The fraction of sp³-hybridized carbons (Fsp3) is 0.625. The molecule has 3 N–H and O–H groups in total. The lowest BCUT2D eigenvalue weighted by molar-refractivity contribution is -0.229. The molecule has 0 radical (unpaired) electrons. The monoisotopic (exact) mass is 394 g/mol. The summed E-state index contributed by atoms with van der Waals surface area (Å²) in [7, 11) is 0. The van der Waals surface area contributed by atoms with Crippen molar-refractivity contribution in [3.63, 3.8) is 0 Å². The molecule has 2 heterocycles. The number of benzene rings is 1. The molecule has 7 rings (SSSR count). The molecule has 4 atom stereocenters. The molecule has 0 spiro atoms. The van der Waals surface area contributed by atoms with Gasteiger partial charge in [-0.2, -0.15) is 0 Å². The second-order valence-electron chi connectivity index (χ2n) is 10.2. The lowest BCUT2D eigenvalue weighted by atomic mass is 9.42. The molecule has 4 aliphatic carbocycles. The van der Waals surface area contributed by atoms with Crippen LogP contribution >= 0.6 is 0 Å². The van der Waals surface area contributed by atoms with E-state index in [2.05, 4.69) is 33.8 Å². The van der Waals surface area contributed by atoms with Gasteiger partial charge in [0.25, 0.3) is 0 Å². The van der Waals surface area contributed by atoms with Gasteiger partial charge in [-0.1, -0.05) is 24.3 Å². The predicted octanol–water partition coefficient (Wildman–Crippen LogP) is 3.14. The van der Waals surface area contributed by atoms with Gasteiger partial charge in [0.2, 0.25) is 0 Å². The van der Waals surface area contributed by atoms with Crippen LogP contribution in [0.5, 0.6) is 0 Å². The number of aliphatic hydroxyl groups excluding tert-OH is 2. The fourth-order valence-electron chi connectivity index (χ4n) is 7.77. The van der Waals surface area contributed by atoms with Gasteiger partial charge in [-0.15, -0.1) is 0 Å². The summed E-state index contributed by atoms with van der Waals surface area (Å²) in [5.41, 5.74) is 2.83. The molecule has 5 nitrogen and oxygen atoms in total. The van der Waals surface area contributed by atoms with E-state index < -0.39 is 5.60 Å². The molecule has 5 aliphatic rings. The Morgan fingerprint density at radius 1 is 1.14 bits per heavy atom. The minimum atomic E-state index is -0.730. The SMILES string of the molecule is OCCC1(O)C2CC3CC1CC(C(O)CC1c4ccccc4-c4cncn41)(C3)C2. The molecular formula is C24H30N2O3. The molecule has 4 saturated carbocycles. The highest BCUT2D eigenvalue weighted by atomic mass is 16.3. The van der Waals surface area contributed by atoms with Crippen molar-refractivity contribution in [2.75, 3.05) is 6.61 Å². The number of imidazole rings is 1. The number of aromatic nitrogens is 2. The molecule has 4 bridgehead atoms. The largest absolute Gasteiger partial charge is 0.396 e. The minimum absolute atomic E-state index is 0.0476. The molecule has 2 aromatic rings. The second kappa shape index (κ2) is 6.16. The zero-order valence-corrected chi connectivity index (χ0v) is 16.7. The standard InChI is InChI=1S/C24H30N2O3/c27-6-5-24(29)16-7-15-8-17(24)12-23(10-15,11-16)22(28)9-20-18-3-1-2-4-19(18)21-13-25-14-26(20)21/h1-4,13-17,20,22,27-29H,5-12H2. The number of hydrogen-bond donors (Lipinski definition) is 3. The smallest absolute Gasteiger partial charge is 0.0956 e. The summed E-state index contributed by atoms with van der Waals surface area (Å²) in [6, 6.07) is 8.60. The zero-order chi connectivity index (χ0) is 19.8. The van der Waals surface area contributed by atoms with Crippen LogP contribution in [0.3, 0.4) is 0 Å². The molecule has 4 fully saturated rings. The van der Waals surface area contributed by atoms with Crippen molar-refractivity contribution in [1.29, 1.82) is 0 Å². The molecule has 0 amide bonds. The van der Waals surface area contributed by atoms with Crippen molar-refractivity contribution in [1.82, 2.24) is 9.55 Å². The van der Waals surface area contributed by atoms with Gasteiger partial charge in [0.1, 0.15) is 0 Å². The van der Waals surface area contributed by atoms with Gasteiger partial charge in [-0.3, -0.25) is 0 Å². The Morgan fingerprint density at radius 3 is 2.66 bits per heavy atom. The Kier molecular flexibility index (Phi) is 3.85. The van der Waals surface area contributed by atoms with Gasteiger partial charge in [0.15, 0.2) is 0 Å². The first kappa shape index (κ1) is 18.1. The van der Waals surface area contributed by atoms with E-state index in [0.717, 1.165) is 37.8 Å². The van der Waals surface area contributed by atoms with Crippen LogP contribution < -0.4 is 0 Å². The maximum Gasteiger partial charge on any atom is 0.0956 e. The Balaban J connectivity index is 1.30. The van der Waals surface area contributed by atoms with Crippen molar-refractivity contribution in [3.05, 3.63) is 42.4 Å². The Bertz CT molecular complexity index is 922. The number of aliphatic hydroxyl groups is 3. The maximum absolute atomic E-state index is 11.6. The summed E-state index contributed by atoms with van der Waals surface area (Å²) in [6.07, 6.45) is 9.59. The van der Waals surface area contributed by atoms with Crippen molar-refractivity contribution >= 4 is 0 Å². The number of rotatable bonds is 5. The van der Waals surface area contributed by atoms with E-state index in [1.807, 2.05) is 12.5 Å². The molecule has 5 heteroatoms. The van der Waals surface area contributed by atoms with E-state index in [-0.39, 0.29) is 36.0 Å². The number of nitrogens with zero attached hydrogens (tertiary/aromatic N) is 2. The second-order valence-corrected chi connectivity index (χ2v) is 10.2. The third kappa shape index (κ3) is 2.41. The summed E-state index contributed by atoms with van der Waals surface area (Å²) in [6.45, 7) is 0.0476. The topological polar surface area (TPSA) is 78.5 Å². The quantitative estimate of drug-likeness (QED) is 0.728. The van der Waals surface area contributed by atoms with Gasteiger partial charge < -0.3 is 19.9 Å². The van der Waals surface area contributed by atoms with Crippen LogP contribution in [0.25, 0.3) is 11.3 Å². The lowest BCUT2D eigenvalue weighted by Crippen LogP contribution is -2.63. The zero-order valence-electron chi connectivity index (χ0n) is 16.7. The first-order valence-electron chi connectivity index (χ1n) is 11.2. The third-order valence-corrected chi connectivity index (χ3v) is 8.91. The van der Waals surface area contributed by atoms with Crippen LogP contribution in [0.2, 0.25) is 0 Å². The highest BCUT2D eigenvalue weighted by molar-refractivity contribution is 5.68. The van der Waals surface area contributed by atoms with Crippen LogP contribution in [0.15, 0.2) is 36.8 Å². The van der Waals surface area contributed by atoms with Crippen LogP contribution in [0, 0.1) is 23.2 Å². The lowest BCUT2D eigenvalue weighted by Gasteiger charge is -2.65. The number of fused-ring (bicyclic) bond motifs is 3. The molecule has 29 heavy (non-hydrogen) atoms. The summed E-state index contributed by atoms with van der Waals surface area (Å²) >= 11 is 0. The van der Waals surface area contributed by atoms with Gasteiger partial charge in [0, 0.05) is 12.2 Å². The van der Waals surface area contributed by atoms with E-state index in [0.29, 0.717) is 18.8 Å². The van der Waals surface area contributed by atoms with Gasteiger partial charge >= 0.3 is 0 Å². The first-order chi connectivity index (χ1) is 14.0. The predicted molar refractivity (Wildman–Crippen MR) is 109 cm³/mol. The maximum atomic E-state index is 11.6. The summed E-state index contributed by atoms with van der Waals surface area (Å²) < 4.78 is 2.22. The molecule has 1 aromatic heterocycles. The van der Waals surface area contributed by atoms with Crippen molar-refractivity contribution in [3.8, 4) is 11.3 Å². The highest BCUT2D eigenvalue weighted by Gasteiger charge is 2.63. The van der Waals surface area contributed by atoms with E-state index >= 15 is 0 Å². The first-order valence-corrected chi connectivity index (χ1v) is 11.2. The molecule has 0 saturated heterocycles. The fourth-order valence-corrected chi connectivity index (χ4v) is 7.77. The molecule has 154 valence electrons. The average Bonchev–Trinajstić information content (AvgIpc) is 3.29. The van der Waals surface area contributed by atoms with Crippen LogP contribution in [0.1, 0.15) is 56.6 Å². The molecule has 4 unspecified atom stereocenters. The van der Waals surface area contributed by atoms with Crippen LogP contribution in [-0.2, 0) is 0 Å². The van der Waals surface area contributed by atoms with E-state index in [9.17, 15) is 15.3 Å². The average molecular weight is 395 g/mol. The normalized spacial score (nSPS) is 40.1. The molecule has 1 aliphatic heterocycles. The van der Waals surface area contributed by atoms with Crippen molar-refractivity contribution in [2.24, 2.45) is 23.2 Å². The number of hydrogen-bond acceptors (Lipinski definition) is 4. The van der Waals surface area contributed by atoms with E-state index in [1.165, 1.54) is 11.1 Å². The van der Waals surface area contributed by atoms with E-state index in [4.69, 9.17) is 0 Å². The summed E-state index contributed by atoms with van der Waals surface area (Å²) in [5.74, 6) is 1.05. The molecular weight excluding hydrogens is 364 g/mol. The Morgan fingerprint density at radius 2 is 1.90 bits per heavy atom. The van der Waals surface area contributed by atoms with Gasteiger partial charge in [0.05, 0.1) is 36.0 Å². The van der Waals surface area contributed by atoms with E-state index in [1.54, 1.807) is 0 Å². The third-order valence-electron chi connectivity index (χ3n) is 8.91. The van der Waals surface area contributed by atoms with Gasteiger partial charge in [-0.05, 0) is 73.7 Å². The summed E-state index contributed by atoms with van der Waals surface area (Å²) in [5, 5.41) is 32.5. The Labute approximate surface area is 171 Å².